The van der Waals surface area contributed by atoms with Gasteiger partial charge in [-0.15, -0.1) is 0 Å². The second kappa shape index (κ2) is 7.38. The minimum Gasteiger partial charge on any atom is -0.347 e. The molecule has 1 aromatic heterocycles. The van der Waals surface area contributed by atoms with Gasteiger partial charge in [0, 0.05) is 29.8 Å². The maximum atomic E-state index is 11.0. The normalized spacial score (nSPS) is 19.1. The summed E-state index contributed by atoms with van der Waals surface area (Å²) in [6.45, 7) is 10.6. The fourth-order valence-corrected chi connectivity index (χ4v) is 4.26. The Bertz CT molecular complexity index is 955. The van der Waals surface area contributed by atoms with Gasteiger partial charge in [0.25, 0.3) is 0 Å². The third-order valence-electron chi connectivity index (χ3n) is 6.24. The number of hydrogen-bond acceptors (Lipinski definition) is 3. The fourth-order valence-electron chi connectivity index (χ4n) is 4.26. The highest BCUT2D eigenvalue weighted by Gasteiger charge is 2.31. The number of aryl methyl sites for hydroxylation is 1. The predicted octanol–water partition coefficient (Wildman–Crippen LogP) is 5.89. The molecule has 2 aromatic rings. The van der Waals surface area contributed by atoms with Crippen molar-refractivity contribution in [3.63, 3.8) is 0 Å². The molecule has 2 aliphatic rings. The van der Waals surface area contributed by atoms with Crippen LogP contribution in [0.15, 0.2) is 49.2 Å². The Morgan fingerprint density at radius 2 is 2.04 bits per heavy atom. The lowest BCUT2D eigenvalue weighted by atomic mass is 9.91. The molecule has 1 aliphatic heterocycles. The number of aldehydes is 1. The van der Waals surface area contributed by atoms with Crippen molar-refractivity contribution in [3.8, 4) is 0 Å². The van der Waals surface area contributed by atoms with E-state index in [2.05, 4.69) is 37.2 Å². The fraction of sp³-hybridized carbons (Fsp3) is 0.360. The van der Waals surface area contributed by atoms with Crippen molar-refractivity contribution in [1.82, 2.24) is 4.98 Å². The number of carbonyl (C=O) groups is 1. The summed E-state index contributed by atoms with van der Waals surface area (Å²) in [5.41, 5.74) is 8.14. The molecule has 0 N–H and O–H groups in total. The largest absolute Gasteiger partial charge is 0.347 e. The van der Waals surface area contributed by atoms with Crippen LogP contribution in [0.3, 0.4) is 0 Å². The predicted molar refractivity (Wildman–Crippen MR) is 116 cm³/mol. The molecule has 1 unspecified atom stereocenters. The summed E-state index contributed by atoms with van der Waals surface area (Å²) in [7, 11) is 2.10. The smallest absolute Gasteiger partial charge is 0.150 e. The molecule has 0 spiro atoms. The SMILES string of the molecule is C=C(c1ccc2c(n1)C(CC1CC1)CCC(=C)N2C)c1ccc(C=O)cc1C. The average Bonchev–Trinajstić information content (AvgIpc) is 3.53. The molecule has 1 aromatic carbocycles. The van der Waals surface area contributed by atoms with Gasteiger partial charge in [0.1, 0.15) is 6.29 Å². The zero-order chi connectivity index (χ0) is 19.8. The van der Waals surface area contributed by atoms with Gasteiger partial charge in [0.05, 0.1) is 17.1 Å². The third kappa shape index (κ3) is 3.54. The number of aromatic nitrogens is 1. The van der Waals surface area contributed by atoms with Crippen LogP contribution in [0.4, 0.5) is 5.69 Å². The monoisotopic (exact) mass is 372 g/mol. The molecule has 0 bridgehead atoms. The Morgan fingerprint density at radius 1 is 1.25 bits per heavy atom. The lowest BCUT2D eigenvalue weighted by Crippen LogP contribution is -2.16. The molecule has 28 heavy (non-hydrogen) atoms. The van der Waals surface area contributed by atoms with Crippen molar-refractivity contribution in [2.75, 3.05) is 11.9 Å². The van der Waals surface area contributed by atoms with Crippen molar-refractivity contribution in [2.45, 2.75) is 44.9 Å². The molecule has 1 saturated carbocycles. The van der Waals surface area contributed by atoms with E-state index in [1.165, 1.54) is 30.6 Å². The van der Waals surface area contributed by atoms with Gasteiger partial charge in [-0.2, -0.15) is 0 Å². The maximum absolute atomic E-state index is 11.0. The highest BCUT2D eigenvalue weighted by Crippen LogP contribution is 2.45. The summed E-state index contributed by atoms with van der Waals surface area (Å²) in [6, 6.07) is 9.97. The van der Waals surface area contributed by atoms with E-state index in [4.69, 9.17) is 4.98 Å². The van der Waals surface area contributed by atoms with Crippen LogP contribution in [-0.4, -0.2) is 18.3 Å². The van der Waals surface area contributed by atoms with E-state index in [9.17, 15) is 4.79 Å². The van der Waals surface area contributed by atoms with Gasteiger partial charge in [0.15, 0.2) is 0 Å². The minimum atomic E-state index is 0.482. The van der Waals surface area contributed by atoms with Gasteiger partial charge >= 0.3 is 0 Å². The summed E-state index contributed by atoms with van der Waals surface area (Å²) in [5.74, 6) is 1.34. The molecule has 1 aliphatic carbocycles. The van der Waals surface area contributed by atoms with E-state index < -0.39 is 0 Å². The van der Waals surface area contributed by atoms with Gasteiger partial charge in [-0.3, -0.25) is 9.78 Å². The van der Waals surface area contributed by atoms with Crippen molar-refractivity contribution >= 4 is 17.5 Å². The number of nitrogens with zero attached hydrogens (tertiary/aromatic N) is 2. The topological polar surface area (TPSA) is 33.2 Å². The van der Waals surface area contributed by atoms with Gasteiger partial charge in [-0.05, 0) is 61.4 Å². The second-order valence-electron chi connectivity index (χ2n) is 8.31. The van der Waals surface area contributed by atoms with Crippen LogP contribution < -0.4 is 4.90 Å². The van der Waals surface area contributed by atoms with Crippen molar-refractivity contribution in [1.29, 1.82) is 0 Å². The van der Waals surface area contributed by atoms with E-state index in [1.807, 2.05) is 25.1 Å². The Kier molecular flexibility index (Phi) is 4.92. The van der Waals surface area contributed by atoms with Crippen LogP contribution >= 0.6 is 0 Å². The standard InChI is InChI=1S/C25H28N2O/c1-16-13-20(15-28)8-10-22(16)18(3)23-11-12-24-25(26-23)21(14-19-6-7-19)9-5-17(2)27(24)4/h8,10-13,15,19,21H,2-3,5-7,9,14H2,1,4H3. The zero-order valence-corrected chi connectivity index (χ0v) is 16.9. The third-order valence-corrected chi connectivity index (χ3v) is 6.24. The first kappa shape index (κ1) is 18.7. The lowest BCUT2D eigenvalue weighted by Gasteiger charge is -2.23. The van der Waals surface area contributed by atoms with Crippen LogP contribution in [0.5, 0.6) is 0 Å². The van der Waals surface area contributed by atoms with Gasteiger partial charge in [0.2, 0.25) is 0 Å². The maximum Gasteiger partial charge on any atom is 0.150 e. The Hall–Kier alpha value is -2.68. The zero-order valence-electron chi connectivity index (χ0n) is 16.9. The Labute approximate surface area is 167 Å². The van der Waals surface area contributed by atoms with E-state index >= 15 is 0 Å². The number of rotatable bonds is 5. The quantitative estimate of drug-likeness (QED) is 0.613. The first-order valence-corrected chi connectivity index (χ1v) is 10.2. The summed E-state index contributed by atoms with van der Waals surface area (Å²) < 4.78 is 0. The highest BCUT2D eigenvalue weighted by molar-refractivity contribution is 5.82. The molecule has 0 amide bonds. The summed E-state index contributed by atoms with van der Waals surface area (Å²) in [4.78, 5) is 18.4. The molecule has 4 rings (SSSR count). The Balaban J connectivity index is 1.73. The molecule has 1 atom stereocenters. The van der Waals surface area contributed by atoms with Crippen LogP contribution in [0, 0.1) is 12.8 Å². The first-order chi connectivity index (χ1) is 13.5. The number of hydrogen-bond donors (Lipinski definition) is 0. The second-order valence-corrected chi connectivity index (χ2v) is 8.31. The molecule has 1 fully saturated rings. The first-order valence-electron chi connectivity index (χ1n) is 10.2. The van der Waals surface area contributed by atoms with E-state index in [0.717, 1.165) is 53.1 Å². The van der Waals surface area contributed by atoms with Crippen molar-refractivity contribution in [3.05, 3.63) is 77.3 Å². The molecular weight excluding hydrogens is 344 g/mol. The Morgan fingerprint density at radius 3 is 2.71 bits per heavy atom. The van der Waals surface area contributed by atoms with E-state index in [1.54, 1.807) is 0 Å². The van der Waals surface area contributed by atoms with Gasteiger partial charge < -0.3 is 4.90 Å². The molecular formula is C25H28N2O. The molecule has 0 radical (unpaired) electrons. The molecule has 2 heterocycles. The van der Waals surface area contributed by atoms with Crippen molar-refractivity contribution < 1.29 is 4.79 Å². The number of allylic oxidation sites excluding steroid dienone is 1. The molecule has 144 valence electrons. The minimum absolute atomic E-state index is 0.482. The van der Waals surface area contributed by atoms with Crippen LogP contribution in [0.1, 0.15) is 70.9 Å². The molecule has 3 heteroatoms. The number of anilines is 1. The van der Waals surface area contributed by atoms with E-state index in [0.29, 0.717) is 11.5 Å². The lowest BCUT2D eigenvalue weighted by molar-refractivity contribution is 0.112. The molecule has 3 nitrogen and oxygen atoms in total. The number of benzene rings is 1. The molecule has 0 saturated heterocycles. The van der Waals surface area contributed by atoms with Gasteiger partial charge in [-0.1, -0.05) is 38.1 Å². The van der Waals surface area contributed by atoms with Crippen LogP contribution in [-0.2, 0) is 0 Å². The summed E-state index contributed by atoms with van der Waals surface area (Å²) in [6.07, 6.45) is 6.96. The average molecular weight is 373 g/mol. The number of pyridine rings is 1. The summed E-state index contributed by atoms with van der Waals surface area (Å²) >= 11 is 0. The summed E-state index contributed by atoms with van der Waals surface area (Å²) in [5, 5.41) is 0. The van der Waals surface area contributed by atoms with Crippen molar-refractivity contribution in [2.24, 2.45) is 5.92 Å². The highest BCUT2D eigenvalue weighted by atomic mass is 16.1. The number of carbonyl (C=O) groups excluding carboxylic acids is 1. The van der Waals surface area contributed by atoms with Gasteiger partial charge in [-0.25, -0.2) is 0 Å². The van der Waals surface area contributed by atoms with E-state index in [-0.39, 0.29) is 0 Å². The van der Waals surface area contributed by atoms with Crippen LogP contribution in [0.2, 0.25) is 0 Å². The number of fused-ring (bicyclic) bond motifs is 1. The van der Waals surface area contributed by atoms with Crippen LogP contribution in [0.25, 0.3) is 5.57 Å².